The molecule has 0 aliphatic heterocycles. The lowest BCUT2D eigenvalue weighted by Gasteiger charge is -2.03. The van der Waals surface area contributed by atoms with E-state index in [1.165, 1.54) is 18.2 Å². The highest BCUT2D eigenvalue weighted by atomic mass is 79.9. The van der Waals surface area contributed by atoms with E-state index in [4.69, 9.17) is 0 Å². The molecule has 2 aromatic rings. The van der Waals surface area contributed by atoms with Crippen LogP contribution in [0.2, 0.25) is 0 Å². The number of rotatable bonds is 2. The zero-order valence-electron chi connectivity index (χ0n) is 9.21. The van der Waals surface area contributed by atoms with E-state index in [-0.39, 0.29) is 11.6 Å². The minimum absolute atomic E-state index is 0.106. The molecule has 0 N–H and O–H groups in total. The van der Waals surface area contributed by atoms with Crippen LogP contribution in [0.4, 0.5) is 4.39 Å². The first kappa shape index (κ1) is 12.0. The van der Waals surface area contributed by atoms with E-state index in [9.17, 15) is 9.18 Å². The normalized spacial score (nSPS) is 10.3. The van der Waals surface area contributed by atoms with Crippen LogP contribution in [0.15, 0.2) is 46.9 Å². The van der Waals surface area contributed by atoms with Crippen LogP contribution in [0, 0.1) is 12.7 Å². The van der Waals surface area contributed by atoms with Crippen LogP contribution in [-0.4, -0.2) is 5.78 Å². The zero-order valence-corrected chi connectivity index (χ0v) is 10.8. The molecule has 0 heterocycles. The molecule has 0 bridgehead atoms. The molecule has 0 aliphatic rings. The van der Waals surface area contributed by atoms with Crippen molar-refractivity contribution in [3.63, 3.8) is 0 Å². The minimum Gasteiger partial charge on any atom is -0.289 e. The summed E-state index contributed by atoms with van der Waals surface area (Å²) in [6.07, 6.45) is 0. The summed E-state index contributed by atoms with van der Waals surface area (Å²) >= 11 is 3.07. The molecule has 0 saturated heterocycles. The molecular weight excluding hydrogens is 283 g/mol. The molecule has 0 saturated carbocycles. The molecule has 86 valence electrons. The van der Waals surface area contributed by atoms with Gasteiger partial charge in [0.25, 0.3) is 0 Å². The first-order valence-electron chi connectivity index (χ1n) is 5.14. The highest BCUT2D eigenvalue weighted by Crippen LogP contribution is 2.19. The van der Waals surface area contributed by atoms with Crippen molar-refractivity contribution in [1.82, 2.24) is 0 Å². The van der Waals surface area contributed by atoms with Crippen molar-refractivity contribution in [2.24, 2.45) is 0 Å². The fourth-order valence-corrected chi connectivity index (χ4v) is 1.89. The largest absolute Gasteiger partial charge is 0.289 e. The second-order valence-electron chi connectivity index (χ2n) is 3.82. The van der Waals surface area contributed by atoms with Gasteiger partial charge < -0.3 is 0 Å². The summed E-state index contributed by atoms with van der Waals surface area (Å²) in [7, 11) is 0. The lowest BCUT2D eigenvalue weighted by Crippen LogP contribution is -2.01. The number of hydrogen-bond donors (Lipinski definition) is 0. The lowest BCUT2D eigenvalue weighted by molar-refractivity contribution is 0.103. The van der Waals surface area contributed by atoms with Crippen molar-refractivity contribution in [2.45, 2.75) is 6.92 Å². The number of hydrogen-bond acceptors (Lipinski definition) is 1. The second kappa shape index (κ2) is 4.80. The van der Waals surface area contributed by atoms with Crippen LogP contribution in [0.3, 0.4) is 0 Å². The molecule has 0 amide bonds. The maximum atomic E-state index is 13.1. The molecule has 0 unspecified atom stereocenters. The van der Waals surface area contributed by atoms with Gasteiger partial charge in [0.05, 0.1) is 4.47 Å². The Kier molecular flexibility index (Phi) is 3.38. The smallest absolute Gasteiger partial charge is 0.193 e. The maximum Gasteiger partial charge on any atom is 0.193 e. The summed E-state index contributed by atoms with van der Waals surface area (Å²) in [5.74, 6) is -0.476. The third-order valence-corrected chi connectivity index (χ3v) is 3.10. The second-order valence-corrected chi connectivity index (χ2v) is 4.68. The van der Waals surface area contributed by atoms with Crippen LogP contribution < -0.4 is 0 Å². The molecule has 0 spiro atoms. The summed E-state index contributed by atoms with van der Waals surface area (Å²) in [5, 5.41) is 0. The summed E-state index contributed by atoms with van der Waals surface area (Å²) < 4.78 is 13.4. The Balaban J connectivity index is 2.37. The van der Waals surface area contributed by atoms with Crippen molar-refractivity contribution >= 4 is 21.7 Å². The molecule has 2 aromatic carbocycles. The predicted molar refractivity (Wildman–Crippen MR) is 68.7 cm³/mol. The number of carbonyl (C=O) groups excluding carboxylic acids is 1. The number of benzene rings is 2. The summed E-state index contributed by atoms with van der Waals surface area (Å²) in [6, 6.07) is 11.6. The van der Waals surface area contributed by atoms with Crippen LogP contribution >= 0.6 is 15.9 Å². The molecule has 1 nitrogen and oxygen atoms in total. The third-order valence-electron chi connectivity index (χ3n) is 2.50. The van der Waals surface area contributed by atoms with Gasteiger partial charge in [-0.25, -0.2) is 4.39 Å². The average Bonchev–Trinajstić information content (AvgIpc) is 2.33. The molecule has 17 heavy (non-hydrogen) atoms. The van der Waals surface area contributed by atoms with Crippen LogP contribution in [-0.2, 0) is 0 Å². The average molecular weight is 293 g/mol. The number of carbonyl (C=O) groups is 1. The number of ketones is 1. The molecule has 3 heteroatoms. The van der Waals surface area contributed by atoms with Gasteiger partial charge in [0.2, 0.25) is 0 Å². The van der Waals surface area contributed by atoms with Gasteiger partial charge in [-0.1, -0.05) is 29.8 Å². The summed E-state index contributed by atoms with van der Waals surface area (Å²) in [6.45, 7) is 1.96. The van der Waals surface area contributed by atoms with Gasteiger partial charge in [-0.3, -0.25) is 4.79 Å². The Morgan fingerprint density at radius 2 is 1.65 bits per heavy atom. The van der Waals surface area contributed by atoms with Crippen LogP contribution in [0.5, 0.6) is 0 Å². The molecular formula is C14H10BrFO. The number of aryl methyl sites for hydroxylation is 1. The van der Waals surface area contributed by atoms with Gasteiger partial charge in [0, 0.05) is 11.1 Å². The lowest BCUT2D eigenvalue weighted by atomic mass is 10.0. The quantitative estimate of drug-likeness (QED) is 0.761. The molecule has 0 atom stereocenters. The van der Waals surface area contributed by atoms with Crippen molar-refractivity contribution in [3.05, 3.63) is 69.4 Å². The number of halogens is 2. The van der Waals surface area contributed by atoms with Gasteiger partial charge in [-0.05, 0) is 41.1 Å². The molecule has 0 aliphatic carbocycles. The Bertz CT molecular complexity index is 561. The Morgan fingerprint density at radius 1 is 1.06 bits per heavy atom. The SMILES string of the molecule is Cc1ccc(C(=O)c2ccc(F)c(Br)c2)cc1. The monoisotopic (exact) mass is 292 g/mol. The Hall–Kier alpha value is -1.48. The van der Waals surface area contributed by atoms with Crippen molar-refractivity contribution in [2.75, 3.05) is 0 Å². The highest BCUT2D eigenvalue weighted by molar-refractivity contribution is 9.10. The van der Waals surface area contributed by atoms with E-state index in [0.717, 1.165) is 5.56 Å². The van der Waals surface area contributed by atoms with E-state index >= 15 is 0 Å². The van der Waals surface area contributed by atoms with E-state index in [2.05, 4.69) is 15.9 Å². The van der Waals surface area contributed by atoms with Crippen molar-refractivity contribution < 1.29 is 9.18 Å². The molecule has 0 aromatic heterocycles. The van der Waals surface area contributed by atoms with Crippen LogP contribution in [0.1, 0.15) is 21.5 Å². The molecule has 2 rings (SSSR count). The predicted octanol–water partition coefficient (Wildman–Crippen LogP) is 4.13. The van der Waals surface area contributed by atoms with Gasteiger partial charge in [-0.2, -0.15) is 0 Å². The van der Waals surface area contributed by atoms with E-state index in [0.29, 0.717) is 15.6 Å². The maximum absolute atomic E-state index is 13.1. The zero-order chi connectivity index (χ0) is 12.4. The fraction of sp³-hybridized carbons (Fsp3) is 0.0714. The standard InChI is InChI=1S/C14H10BrFO/c1-9-2-4-10(5-3-9)14(17)11-6-7-13(16)12(15)8-11/h2-8H,1H3. The van der Waals surface area contributed by atoms with Gasteiger partial charge in [0.1, 0.15) is 5.82 Å². The molecule has 0 fully saturated rings. The van der Waals surface area contributed by atoms with Crippen molar-refractivity contribution in [3.8, 4) is 0 Å². The first-order chi connectivity index (χ1) is 8.08. The first-order valence-corrected chi connectivity index (χ1v) is 5.93. The van der Waals surface area contributed by atoms with Gasteiger partial charge >= 0.3 is 0 Å². The van der Waals surface area contributed by atoms with Crippen molar-refractivity contribution in [1.29, 1.82) is 0 Å². The fourth-order valence-electron chi connectivity index (χ4n) is 1.51. The van der Waals surface area contributed by atoms with E-state index in [1.54, 1.807) is 12.1 Å². The highest BCUT2D eigenvalue weighted by Gasteiger charge is 2.10. The Morgan fingerprint density at radius 3 is 2.24 bits per heavy atom. The third kappa shape index (κ3) is 2.61. The van der Waals surface area contributed by atoms with E-state index in [1.807, 2.05) is 19.1 Å². The summed E-state index contributed by atoms with van der Waals surface area (Å²) in [4.78, 5) is 12.1. The van der Waals surface area contributed by atoms with Crippen LogP contribution in [0.25, 0.3) is 0 Å². The van der Waals surface area contributed by atoms with E-state index < -0.39 is 0 Å². The Labute approximate surface area is 107 Å². The summed E-state index contributed by atoms with van der Waals surface area (Å²) in [5.41, 5.74) is 2.18. The minimum atomic E-state index is -0.370. The topological polar surface area (TPSA) is 17.1 Å². The molecule has 0 radical (unpaired) electrons. The van der Waals surface area contributed by atoms with Gasteiger partial charge in [-0.15, -0.1) is 0 Å². The van der Waals surface area contributed by atoms with Gasteiger partial charge in [0.15, 0.2) is 5.78 Å².